The summed E-state index contributed by atoms with van der Waals surface area (Å²) in [7, 11) is 3.35. The van der Waals surface area contributed by atoms with Gasteiger partial charge < -0.3 is 16.4 Å². The number of carbonyl (C=O) groups excluding carboxylic acids is 2. The summed E-state index contributed by atoms with van der Waals surface area (Å²) in [5.41, 5.74) is 12.7. The molecule has 2 aromatic rings. The third-order valence-corrected chi connectivity index (χ3v) is 4.38. The van der Waals surface area contributed by atoms with Crippen LogP contribution in [0.15, 0.2) is 29.4 Å². The van der Waals surface area contributed by atoms with Crippen molar-refractivity contribution in [3.8, 4) is 5.69 Å². The Hall–Kier alpha value is -2.87. The molecule has 1 aliphatic carbocycles. The van der Waals surface area contributed by atoms with Gasteiger partial charge in [-0.3, -0.25) is 9.59 Å². The molecule has 1 aliphatic rings. The Bertz CT molecular complexity index is 910. The fourth-order valence-electron chi connectivity index (χ4n) is 2.71. The SMILES string of the molecule is CN(C)C(=O)c1ccc(Cl)c(-n2ncc(C(=O)N=C(N)N)c2C2CC2)c1. The highest BCUT2D eigenvalue weighted by Gasteiger charge is 2.33. The molecule has 1 aromatic heterocycles. The fraction of sp³-hybridized carbons (Fsp3) is 0.294. The van der Waals surface area contributed by atoms with Crippen LogP contribution in [0.3, 0.4) is 0 Å². The van der Waals surface area contributed by atoms with Crippen LogP contribution < -0.4 is 11.5 Å². The molecule has 0 radical (unpaired) electrons. The molecular formula is C17H19ClN6O2. The molecule has 0 spiro atoms. The first-order valence-corrected chi connectivity index (χ1v) is 8.41. The van der Waals surface area contributed by atoms with Gasteiger partial charge in [-0.2, -0.15) is 10.1 Å². The third-order valence-electron chi connectivity index (χ3n) is 4.06. The molecule has 1 saturated carbocycles. The van der Waals surface area contributed by atoms with Gasteiger partial charge in [0.05, 0.1) is 28.2 Å². The molecule has 0 atom stereocenters. The van der Waals surface area contributed by atoms with Crippen LogP contribution in [0.4, 0.5) is 0 Å². The van der Waals surface area contributed by atoms with Gasteiger partial charge in [-0.1, -0.05) is 11.6 Å². The van der Waals surface area contributed by atoms with Crippen molar-refractivity contribution in [2.24, 2.45) is 16.5 Å². The summed E-state index contributed by atoms with van der Waals surface area (Å²) in [6, 6.07) is 4.96. The number of hydrogen-bond donors (Lipinski definition) is 2. The van der Waals surface area contributed by atoms with Gasteiger partial charge in [-0.05, 0) is 31.0 Å². The van der Waals surface area contributed by atoms with Gasteiger partial charge in [0, 0.05) is 25.6 Å². The summed E-state index contributed by atoms with van der Waals surface area (Å²) in [6.07, 6.45) is 3.29. The van der Waals surface area contributed by atoms with Crippen molar-refractivity contribution in [1.82, 2.24) is 14.7 Å². The monoisotopic (exact) mass is 374 g/mol. The quantitative estimate of drug-likeness (QED) is 0.621. The van der Waals surface area contributed by atoms with Gasteiger partial charge in [-0.15, -0.1) is 0 Å². The van der Waals surface area contributed by atoms with Crippen LogP contribution in [0.25, 0.3) is 5.69 Å². The molecule has 0 saturated heterocycles. The van der Waals surface area contributed by atoms with E-state index in [0.717, 1.165) is 12.8 Å². The highest BCUT2D eigenvalue weighted by molar-refractivity contribution is 6.32. The number of aliphatic imine (C=N–C) groups is 1. The van der Waals surface area contributed by atoms with Crippen molar-refractivity contribution in [3.05, 3.63) is 46.2 Å². The maximum atomic E-state index is 12.3. The molecule has 9 heteroatoms. The molecule has 2 amide bonds. The summed E-state index contributed by atoms with van der Waals surface area (Å²) in [4.78, 5) is 29.6. The summed E-state index contributed by atoms with van der Waals surface area (Å²) in [5.74, 6) is -0.828. The Labute approximate surface area is 155 Å². The van der Waals surface area contributed by atoms with E-state index in [9.17, 15) is 9.59 Å². The van der Waals surface area contributed by atoms with Crippen LogP contribution in [0.1, 0.15) is 45.2 Å². The van der Waals surface area contributed by atoms with E-state index in [0.29, 0.717) is 27.5 Å². The molecule has 8 nitrogen and oxygen atoms in total. The molecule has 3 rings (SSSR count). The first-order chi connectivity index (χ1) is 12.3. The largest absolute Gasteiger partial charge is 0.370 e. The zero-order valence-corrected chi connectivity index (χ0v) is 15.2. The maximum absolute atomic E-state index is 12.3. The van der Waals surface area contributed by atoms with Gasteiger partial charge in [0.2, 0.25) is 0 Å². The van der Waals surface area contributed by atoms with Crippen LogP contribution in [-0.4, -0.2) is 46.5 Å². The minimum absolute atomic E-state index is 0.153. The first kappa shape index (κ1) is 17.9. The Balaban J connectivity index is 2.12. The van der Waals surface area contributed by atoms with Gasteiger partial charge in [-0.25, -0.2) is 4.68 Å². The van der Waals surface area contributed by atoms with Crippen LogP contribution in [0, 0.1) is 0 Å². The number of aromatic nitrogens is 2. The average Bonchev–Trinajstić information content (AvgIpc) is 3.32. The standard InChI is InChI=1S/C17H19ClN6O2/c1-23(2)16(26)10-5-6-12(18)13(7-10)24-14(9-3-4-9)11(8-21-24)15(25)22-17(19)20/h5-9H,3-4H2,1-2H3,(H4,19,20,22,25). The molecule has 26 heavy (non-hydrogen) atoms. The third kappa shape index (κ3) is 3.41. The van der Waals surface area contributed by atoms with Crippen molar-refractivity contribution >= 4 is 29.4 Å². The van der Waals surface area contributed by atoms with Crippen molar-refractivity contribution in [2.75, 3.05) is 14.1 Å². The lowest BCUT2D eigenvalue weighted by molar-refractivity contribution is 0.0827. The normalized spacial score (nSPS) is 13.3. The first-order valence-electron chi connectivity index (χ1n) is 8.03. The zero-order chi connectivity index (χ0) is 19.0. The van der Waals surface area contributed by atoms with Gasteiger partial charge >= 0.3 is 0 Å². The number of nitrogens with two attached hydrogens (primary N) is 2. The molecule has 1 heterocycles. The van der Waals surface area contributed by atoms with Crippen molar-refractivity contribution in [2.45, 2.75) is 18.8 Å². The molecule has 0 bridgehead atoms. The minimum atomic E-state index is -0.546. The van der Waals surface area contributed by atoms with Crippen molar-refractivity contribution in [1.29, 1.82) is 0 Å². The predicted octanol–water partition coefficient (Wildman–Crippen LogP) is 1.52. The molecule has 0 aliphatic heterocycles. The maximum Gasteiger partial charge on any atom is 0.283 e. The lowest BCUT2D eigenvalue weighted by Gasteiger charge is -2.14. The topological polar surface area (TPSA) is 120 Å². The summed E-state index contributed by atoms with van der Waals surface area (Å²) >= 11 is 6.35. The Morgan fingerprint density at radius 2 is 2.00 bits per heavy atom. The highest BCUT2D eigenvalue weighted by Crippen LogP contribution is 2.43. The predicted molar refractivity (Wildman–Crippen MR) is 98.7 cm³/mol. The number of hydrogen-bond acceptors (Lipinski definition) is 3. The number of nitrogens with zero attached hydrogens (tertiary/aromatic N) is 4. The van der Waals surface area contributed by atoms with E-state index in [1.165, 1.54) is 11.1 Å². The fourth-order valence-corrected chi connectivity index (χ4v) is 2.91. The smallest absolute Gasteiger partial charge is 0.283 e. The lowest BCUT2D eigenvalue weighted by atomic mass is 10.1. The molecular weight excluding hydrogens is 356 g/mol. The number of amides is 2. The molecule has 0 unspecified atom stereocenters. The summed E-state index contributed by atoms with van der Waals surface area (Å²) in [5, 5.41) is 4.74. The van der Waals surface area contributed by atoms with Crippen molar-refractivity contribution in [3.63, 3.8) is 0 Å². The van der Waals surface area contributed by atoms with E-state index in [1.807, 2.05) is 0 Å². The summed E-state index contributed by atoms with van der Waals surface area (Å²) < 4.78 is 1.60. The van der Waals surface area contributed by atoms with Crippen molar-refractivity contribution < 1.29 is 9.59 Å². The Morgan fingerprint density at radius 3 is 2.58 bits per heavy atom. The average molecular weight is 375 g/mol. The summed E-state index contributed by atoms with van der Waals surface area (Å²) in [6.45, 7) is 0. The van der Waals surface area contributed by atoms with Gasteiger partial charge in [0.1, 0.15) is 0 Å². The Kier molecular flexibility index (Phi) is 4.69. The number of rotatable bonds is 4. The molecule has 1 fully saturated rings. The minimum Gasteiger partial charge on any atom is -0.370 e. The van der Waals surface area contributed by atoms with E-state index < -0.39 is 5.91 Å². The second-order valence-corrected chi connectivity index (χ2v) is 6.74. The van der Waals surface area contributed by atoms with Gasteiger partial charge in [0.15, 0.2) is 5.96 Å². The lowest BCUT2D eigenvalue weighted by Crippen LogP contribution is -2.24. The van der Waals surface area contributed by atoms with E-state index in [-0.39, 0.29) is 17.8 Å². The van der Waals surface area contributed by atoms with E-state index in [2.05, 4.69) is 10.1 Å². The van der Waals surface area contributed by atoms with Crippen LogP contribution in [0.5, 0.6) is 0 Å². The second-order valence-electron chi connectivity index (χ2n) is 6.34. The zero-order valence-electron chi connectivity index (χ0n) is 14.4. The highest BCUT2D eigenvalue weighted by atomic mass is 35.5. The van der Waals surface area contributed by atoms with Gasteiger partial charge in [0.25, 0.3) is 11.8 Å². The molecule has 1 aromatic carbocycles. The number of halogens is 1. The number of benzene rings is 1. The molecule has 136 valence electrons. The van der Waals surface area contributed by atoms with Crippen LogP contribution >= 0.6 is 11.6 Å². The van der Waals surface area contributed by atoms with E-state index >= 15 is 0 Å². The van der Waals surface area contributed by atoms with E-state index in [4.69, 9.17) is 23.1 Å². The molecule has 4 N–H and O–H groups in total. The number of carbonyl (C=O) groups is 2. The number of guanidine groups is 1. The second kappa shape index (κ2) is 6.80. The van der Waals surface area contributed by atoms with E-state index in [1.54, 1.807) is 37.0 Å². The van der Waals surface area contributed by atoms with Crippen LogP contribution in [0.2, 0.25) is 5.02 Å². The Morgan fingerprint density at radius 1 is 1.31 bits per heavy atom. The van der Waals surface area contributed by atoms with Crippen LogP contribution in [-0.2, 0) is 0 Å².